The van der Waals surface area contributed by atoms with Crippen LogP contribution in [-0.4, -0.2) is 45.5 Å². The van der Waals surface area contributed by atoms with Crippen molar-refractivity contribution in [2.45, 2.75) is 44.1 Å². The average Bonchev–Trinajstić information content (AvgIpc) is 3.35. The maximum atomic E-state index is 14.8. The molecule has 0 aliphatic carbocycles. The lowest BCUT2D eigenvalue weighted by atomic mass is 9.76. The molecule has 0 spiro atoms. The zero-order chi connectivity index (χ0) is 27.7. The normalized spacial score (nSPS) is 18.5. The van der Waals surface area contributed by atoms with Gasteiger partial charge in [0.15, 0.2) is 17.1 Å². The molecule has 14 heteroatoms. The molecule has 0 fully saturated rings. The number of amides is 1. The summed E-state index contributed by atoms with van der Waals surface area (Å²) >= 11 is 0. The van der Waals surface area contributed by atoms with E-state index in [1.807, 2.05) is 5.32 Å². The van der Waals surface area contributed by atoms with Crippen LogP contribution in [0.25, 0.3) is 11.1 Å². The van der Waals surface area contributed by atoms with Crippen LogP contribution in [0.1, 0.15) is 41.8 Å². The predicted octanol–water partition coefficient (Wildman–Crippen LogP) is 5.26. The van der Waals surface area contributed by atoms with Gasteiger partial charge in [-0.25, -0.2) is 4.39 Å². The Bertz CT molecular complexity index is 1340. The Balaban J connectivity index is 1.75. The van der Waals surface area contributed by atoms with Crippen molar-refractivity contribution in [3.63, 3.8) is 0 Å². The molecule has 0 bridgehead atoms. The highest BCUT2D eigenvalue weighted by atomic mass is 19.4. The maximum absolute atomic E-state index is 14.8. The van der Waals surface area contributed by atoms with E-state index in [9.17, 15) is 35.5 Å². The largest absolute Gasteiger partial charge is 0.491 e. The van der Waals surface area contributed by atoms with Crippen molar-refractivity contribution in [2.75, 3.05) is 6.61 Å². The van der Waals surface area contributed by atoms with Gasteiger partial charge in [0.05, 0.1) is 12.2 Å². The van der Waals surface area contributed by atoms with Crippen molar-refractivity contribution in [2.24, 2.45) is 0 Å². The number of hydrogen-bond acceptors (Lipinski definition) is 5. The summed E-state index contributed by atoms with van der Waals surface area (Å²) in [6.45, 7) is 1.28. The fourth-order valence-corrected chi connectivity index (χ4v) is 4.14. The molecule has 0 saturated carbocycles. The number of aromatic nitrogens is 4. The highest BCUT2D eigenvalue weighted by molar-refractivity contribution is 6.27. The molecule has 2 aromatic carbocycles. The Morgan fingerprint density at radius 3 is 2.34 bits per heavy atom. The van der Waals surface area contributed by atoms with Crippen molar-refractivity contribution in [1.29, 1.82) is 0 Å². The highest BCUT2D eigenvalue weighted by Gasteiger charge is 2.60. The lowest BCUT2D eigenvalue weighted by molar-refractivity contribution is -0.201. The van der Waals surface area contributed by atoms with Crippen LogP contribution in [0.15, 0.2) is 42.5 Å². The van der Waals surface area contributed by atoms with E-state index in [4.69, 9.17) is 4.74 Å². The van der Waals surface area contributed by atoms with Crippen molar-refractivity contribution in [3.05, 3.63) is 70.8 Å². The molecule has 1 aliphatic rings. The Hall–Kier alpha value is -3.97. The fourth-order valence-electron chi connectivity index (χ4n) is 4.14. The SMILES string of the molecule is Cc1ccc(C2=C(c3nn[nH]n3)C(=O)N[C@@](c3ccc(OCCCC(F)(F)F)c(F)c3)(C(F)(F)F)C2)cc1. The van der Waals surface area contributed by atoms with Gasteiger partial charge in [0, 0.05) is 12.8 Å². The molecule has 2 heterocycles. The Morgan fingerprint density at radius 2 is 1.76 bits per heavy atom. The molecule has 7 nitrogen and oxygen atoms in total. The predicted molar refractivity (Wildman–Crippen MR) is 120 cm³/mol. The minimum absolute atomic E-state index is 0.0413. The number of aromatic amines is 1. The van der Waals surface area contributed by atoms with Crippen molar-refractivity contribution >= 4 is 17.1 Å². The van der Waals surface area contributed by atoms with Crippen molar-refractivity contribution in [1.82, 2.24) is 25.9 Å². The number of halogens is 7. The number of nitrogens with one attached hydrogen (secondary N) is 2. The van der Waals surface area contributed by atoms with E-state index in [0.29, 0.717) is 11.6 Å². The van der Waals surface area contributed by atoms with Gasteiger partial charge < -0.3 is 10.1 Å². The highest BCUT2D eigenvalue weighted by Crippen LogP contribution is 2.50. The molecule has 0 radical (unpaired) electrons. The standard InChI is InChI=1S/C24H20F7N5O2/c1-13-3-5-14(6-4-13)16-12-22(24(29,30)31,32-21(37)19(16)20-33-35-36-34-20)15-7-8-18(17(25)11-15)38-10-2-9-23(26,27)28/h3-8,11H,2,9-10,12H2,1H3,(H,32,37)(H,33,34,35,36)/t22-/m0/s1. The molecule has 2 N–H and O–H groups in total. The van der Waals surface area contributed by atoms with Crippen LogP contribution in [-0.2, 0) is 10.3 Å². The van der Waals surface area contributed by atoms with Gasteiger partial charge in [0.1, 0.15) is 0 Å². The molecular formula is C24H20F7N5O2. The number of benzene rings is 2. The molecule has 1 atom stereocenters. The third-order valence-corrected chi connectivity index (χ3v) is 6.04. The van der Waals surface area contributed by atoms with Crippen LogP contribution < -0.4 is 10.1 Å². The van der Waals surface area contributed by atoms with E-state index in [1.165, 1.54) is 0 Å². The third kappa shape index (κ3) is 5.48. The van der Waals surface area contributed by atoms with Crippen molar-refractivity contribution in [3.8, 4) is 5.75 Å². The second-order valence-corrected chi connectivity index (χ2v) is 8.70. The number of nitrogens with zero attached hydrogens (tertiary/aromatic N) is 3. The molecule has 3 aromatic rings. The first kappa shape index (κ1) is 27.1. The van der Waals surface area contributed by atoms with Crippen LogP contribution in [0.3, 0.4) is 0 Å². The van der Waals surface area contributed by atoms with Gasteiger partial charge in [0.25, 0.3) is 5.91 Å². The molecule has 1 aliphatic heterocycles. The first-order valence-electron chi connectivity index (χ1n) is 11.2. The number of hydrogen-bond donors (Lipinski definition) is 2. The van der Waals surface area contributed by atoms with Crippen LogP contribution >= 0.6 is 0 Å². The molecule has 202 valence electrons. The van der Waals surface area contributed by atoms with Gasteiger partial charge in [-0.1, -0.05) is 35.9 Å². The van der Waals surface area contributed by atoms with E-state index in [0.717, 1.165) is 17.7 Å². The number of carbonyl (C=O) groups is 1. The number of aryl methyl sites for hydroxylation is 1. The Labute approximate surface area is 211 Å². The summed E-state index contributed by atoms with van der Waals surface area (Å²) in [7, 11) is 0. The number of tetrazole rings is 1. The zero-order valence-corrected chi connectivity index (χ0v) is 19.7. The smallest absolute Gasteiger partial charge is 0.416 e. The number of carbonyl (C=O) groups excluding carboxylic acids is 1. The number of alkyl halides is 6. The molecule has 0 unspecified atom stereocenters. The lowest BCUT2D eigenvalue weighted by Crippen LogP contribution is -2.58. The maximum Gasteiger partial charge on any atom is 0.416 e. The first-order valence-corrected chi connectivity index (χ1v) is 11.2. The zero-order valence-electron chi connectivity index (χ0n) is 19.7. The monoisotopic (exact) mass is 543 g/mol. The van der Waals surface area contributed by atoms with Gasteiger partial charge in [-0.15, -0.1) is 10.2 Å². The second-order valence-electron chi connectivity index (χ2n) is 8.70. The summed E-state index contributed by atoms with van der Waals surface area (Å²) in [5, 5.41) is 15.0. The van der Waals surface area contributed by atoms with E-state index in [2.05, 4.69) is 20.6 Å². The van der Waals surface area contributed by atoms with Crippen LogP contribution in [0, 0.1) is 12.7 Å². The summed E-state index contributed by atoms with van der Waals surface area (Å²) in [5.41, 5.74) is -2.83. The van der Waals surface area contributed by atoms with Crippen LogP contribution in [0.2, 0.25) is 0 Å². The molecule has 38 heavy (non-hydrogen) atoms. The van der Waals surface area contributed by atoms with E-state index < -0.39 is 66.8 Å². The summed E-state index contributed by atoms with van der Waals surface area (Å²) in [6, 6.07) is 8.76. The number of ether oxygens (including phenoxy) is 1. The second kappa shape index (κ2) is 10.1. The van der Waals surface area contributed by atoms with E-state index >= 15 is 0 Å². The Morgan fingerprint density at radius 1 is 1.05 bits per heavy atom. The minimum Gasteiger partial charge on any atom is -0.491 e. The van der Waals surface area contributed by atoms with Crippen LogP contribution in [0.5, 0.6) is 5.75 Å². The number of H-pyrrole nitrogens is 1. The van der Waals surface area contributed by atoms with Gasteiger partial charge in [0.2, 0.25) is 5.82 Å². The first-order chi connectivity index (χ1) is 17.8. The van der Waals surface area contributed by atoms with Crippen molar-refractivity contribution < 1.29 is 40.3 Å². The Kier molecular flexibility index (Phi) is 7.17. The summed E-state index contributed by atoms with van der Waals surface area (Å²) in [4.78, 5) is 13.2. The fraction of sp³-hybridized carbons (Fsp3) is 0.333. The quantitative estimate of drug-likeness (QED) is 0.314. The molecule has 4 rings (SSSR count). The van der Waals surface area contributed by atoms with Gasteiger partial charge >= 0.3 is 12.4 Å². The molecule has 1 amide bonds. The summed E-state index contributed by atoms with van der Waals surface area (Å²) < 4.78 is 101. The van der Waals surface area contributed by atoms with Gasteiger partial charge in [-0.3, -0.25) is 4.79 Å². The molecular weight excluding hydrogens is 523 g/mol. The van der Waals surface area contributed by atoms with Gasteiger partial charge in [-0.05, 0) is 47.4 Å². The summed E-state index contributed by atoms with van der Waals surface area (Å²) in [6.07, 6.45) is -12.0. The topological polar surface area (TPSA) is 92.8 Å². The van der Waals surface area contributed by atoms with E-state index in [-0.39, 0.29) is 17.0 Å². The van der Waals surface area contributed by atoms with E-state index in [1.54, 1.807) is 31.2 Å². The lowest BCUT2D eigenvalue weighted by Gasteiger charge is -2.41. The average molecular weight is 543 g/mol. The molecule has 1 aromatic heterocycles. The summed E-state index contributed by atoms with van der Waals surface area (Å²) in [5.74, 6) is -3.12. The van der Waals surface area contributed by atoms with Gasteiger partial charge in [-0.2, -0.15) is 31.6 Å². The number of rotatable bonds is 7. The van der Waals surface area contributed by atoms with Crippen LogP contribution in [0.4, 0.5) is 30.7 Å². The third-order valence-electron chi connectivity index (χ3n) is 6.04. The minimum atomic E-state index is -5.09. The molecule has 0 saturated heterocycles.